The number of aromatic nitrogens is 2. The number of hydrogen-bond donors (Lipinski definition) is 0. The molecule has 0 aliphatic heterocycles. The Kier molecular flexibility index (Phi) is 4.74. The highest BCUT2D eigenvalue weighted by Crippen LogP contribution is 2.16. The Morgan fingerprint density at radius 3 is 2.48 bits per heavy atom. The van der Waals surface area contributed by atoms with E-state index in [1.54, 1.807) is 24.3 Å². The van der Waals surface area contributed by atoms with Crippen molar-refractivity contribution >= 4 is 5.78 Å². The average molecular weight is 342 g/mol. The normalized spacial score (nSPS) is 10.6. The van der Waals surface area contributed by atoms with Crippen molar-refractivity contribution < 1.29 is 18.3 Å². The monoisotopic (exact) mass is 342 g/mol. The van der Waals surface area contributed by atoms with Gasteiger partial charge >= 0.3 is 5.76 Å². The van der Waals surface area contributed by atoms with Crippen molar-refractivity contribution in [1.82, 2.24) is 9.78 Å². The molecule has 3 rings (SSSR count). The van der Waals surface area contributed by atoms with Crippen LogP contribution in [0.2, 0.25) is 0 Å². The summed E-state index contributed by atoms with van der Waals surface area (Å²) in [5.74, 6) is -0.750. The predicted octanol–water partition coefficient (Wildman–Crippen LogP) is 2.92. The molecule has 0 fully saturated rings. The third-order valence-corrected chi connectivity index (χ3v) is 3.48. The van der Waals surface area contributed by atoms with Gasteiger partial charge in [-0.2, -0.15) is 4.68 Å². The minimum atomic E-state index is -0.751. The average Bonchev–Trinajstić information content (AvgIpc) is 2.97. The second kappa shape index (κ2) is 7.12. The smallest absolute Gasteiger partial charge is 0.437 e. The van der Waals surface area contributed by atoms with Gasteiger partial charge in [-0.15, -0.1) is 5.10 Å². The molecular weight excluding hydrogens is 327 g/mol. The number of hydrogen-bond acceptors (Lipinski definition) is 5. The van der Waals surface area contributed by atoms with Crippen LogP contribution in [0.5, 0.6) is 5.75 Å². The summed E-state index contributed by atoms with van der Waals surface area (Å²) in [6.07, 6.45) is 0. The van der Waals surface area contributed by atoms with E-state index in [9.17, 15) is 14.0 Å². The van der Waals surface area contributed by atoms with E-state index in [0.717, 1.165) is 4.68 Å². The molecule has 3 aromatic rings. The minimum absolute atomic E-state index is 0.0319. The van der Waals surface area contributed by atoms with Gasteiger partial charge in [0, 0.05) is 11.1 Å². The molecule has 7 heteroatoms. The summed E-state index contributed by atoms with van der Waals surface area (Å²) in [5, 5.41) is 3.99. The number of ether oxygens (including phenoxy) is 1. The summed E-state index contributed by atoms with van der Waals surface area (Å²) >= 11 is 0. The van der Waals surface area contributed by atoms with E-state index < -0.39 is 11.6 Å². The number of carbonyl (C=O) groups excluding carboxylic acids is 1. The lowest BCUT2D eigenvalue weighted by atomic mass is 10.1. The van der Waals surface area contributed by atoms with Crippen molar-refractivity contribution in [3.8, 4) is 17.2 Å². The van der Waals surface area contributed by atoms with Gasteiger partial charge in [-0.05, 0) is 55.5 Å². The topological polar surface area (TPSA) is 74.3 Å². The third-order valence-electron chi connectivity index (χ3n) is 3.48. The number of halogens is 1. The van der Waals surface area contributed by atoms with E-state index in [-0.39, 0.29) is 18.2 Å². The van der Waals surface area contributed by atoms with Crippen LogP contribution in [0.15, 0.2) is 57.7 Å². The molecule has 0 aliphatic carbocycles. The summed E-state index contributed by atoms with van der Waals surface area (Å²) in [4.78, 5) is 24.2. The molecule has 0 aliphatic rings. The Labute approximate surface area is 142 Å². The third kappa shape index (κ3) is 3.82. The fraction of sp³-hybridized carbons (Fsp3) is 0.167. The molecule has 0 saturated carbocycles. The Morgan fingerprint density at radius 2 is 1.84 bits per heavy atom. The Hall–Kier alpha value is -3.22. The van der Waals surface area contributed by atoms with Crippen molar-refractivity contribution in [2.24, 2.45) is 0 Å². The Balaban J connectivity index is 1.77. The van der Waals surface area contributed by atoms with Gasteiger partial charge in [-0.1, -0.05) is 0 Å². The van der Waals surface area contributed by atoms with Crippen LogP contribution in [0.25, 0.3) is 11.5 Å². The highest BCUT2D eigenvalue weighted by atomic mass is 19.1. The first-order valence-corrected chi connectivity index (χ1v) is 7.67. The van der Waals surface area contributed by atoms with Crippen molar-refractivity contribution in [3.63, 3.8) is 0 Å². The van der Waals surface area contributed by atoms with Crippen molar-refractivity contribution in [3.05, 3.63) is 70.5 Å². The molecule has 0 saturated heterocycles. The van der Waals surface area contributed by atoms with Gasteiger partial charge in [0.15, 0.2) is 5.78 Å². The summed E-state index contributed by atoms with van der Waals surface area (Å²) in [6, 6.07) is 12.0. The van der Waals surface area contributed by atoms with Crippen LogP contribution >= 0.6 is 0 Å². The van der Waals surface area contributed by atoms with Gasteiger partial charge in [0.1, 0.15) is 18.1 Å². The molecule has 2 aromatic carbocycles. The zero-order valence-corrected chi connectivity index (χ0v) is 13.4. The number of Topliss-reactive ketones (excluding diaryl/α,β-unsaturated/α-hetero) is 1. The van der Waals surface area contributed by atoms with Crippen LogP contribution in [0.1, 0.15) is 17.3 Å². The van der Waals surface area contributed by atoms with Crippen molar-refractivity contribution in [2.45, 2.75) is 13.5 Å². The molecule has 128 valence electrons. The molecule has 0 atom stereocenters. The van der Waals surface area contributed by atoms with Crippen molar-refractivity contribution in [2.75, 3.05) is 6.61 Å². The SMILES string of the molecule is CCOc1ccc(C(=O)Cn2nc(-c3ccc(F)cc3)oc2=O)cc1. The van der Waals surface area contributed by atoms with Crippen molar-refractivity contribution in [1.29, 1.82) is 0 Å². The zero-order chi connectivity index (χ0) is 17.8. The molecule has 1 aromatic heterocycles. The lowest BCUT2D eigenvalue weighted by Crippen LogP contribution is -2.21. The second-order valence-corrected chi connectivity index (χ2v) is 5.22. The maximum Gasteiger partial charge on any atom is 0.437 e. The summed E-state index contributed by atoms with van der Waals surface area (Å²) in [7, 11) is 0. The molecule has 0 spiro atoms. The van der Waals surface area contributed by atoms with E-state index in [1.807, 2.05) is 6.92 Å². The molecule has 0 N–H and O–H groups in total. The van der Waals surface area contributed by atoms with E-state index in [1.165, 1.54) is 24.3 Å². The maximum atomic E-state index is 13.0. The van der Waals surface area contributed by atoms with E-state index in [4.69, 9.17) is 9.15 Å². The van der Waals surface area contributed by atoms with E-state index in [2.05, 4.69) is 5.10 Å². The highest BCUT2D eigenvalue weighted by Gasteiger charge is 2.14. The summed E-state index contributed by atoms with van der Waals surface area (Å²) in [6.45, 7) is 2.15. The van der Waals surface area contributed by atoms with E-state index in [0.29, 0.717) is 23.5 Å². The standard InChI is InChI=1S/C18H15FN2O4/c1-2-24-15-9-5-12(6-10-15)16(22)11-21-18(23)25-17(20-21)13-3-7-14(19)8-4-13/h3-10H,2,11H2,1H3. The summed E-state index contributed by atoms with van der Waals surface area (Å²) in [5.41, 5.74) is 0.882. The van der Waals surface area contributed by atoms with Gasteiger partial charge in [0.2, 0.25) is 5.89 Å². The number of ketones is 1. The van der Waals surface area contributed by atoms with Crippen LogP contribution < -0.4 is 10.5 Å². The quantitative estimate of drug-likeness (QED) is 0.644. The fourth-order valence-electron chi connectivity index (χ4n) is 2.25. The molecule has 0 radical (unpaired) electrons. The van der Waals surface area contributed by atoms with Crippen LogP contribution in [0.3, 0.4) is 0 Å². The minimum Gasteiger partial charge on any atom is -0.494 e. The number of rotatable bonds is 6. The van der Waals surface area contributed by atoms with Crippen LogP contribution in [0.4, 0.5) is 4.39 Å². The lowest BCUT2D eigenvalue weighted by molar-refractivity contribution is 0.0965. The second-order valence-electron chi connectivity index (χ2n) is 5.22. The first-order chi connectivity index (χ1) is 12.1. The molecule has 0 unspecified atom stereocenters. The molecule has 1 heterocycles. The number of carbonyl (C=O) groups is 1. The molecule has 0 amide bonds. The first-order valence-electron chi connectivity index (χ1n) is 7.67. The molecular formula is C18H15FN2O4. The predicted molar refractivity (Wildman–Crippen MR) is 88.1 cm³/mol. The Morgan fingerprint density at radius 1 is 1.16 bits per heavy atom. The molecule has 25 heavy (non-hydrogen) atoms. The Bertz CT molecular complexity index is 927. The van der Waals surface area contributed by atoms with E-state index >= 15 is 0 Å². The number of benzene rings is 2. The van der Waals surface area contributed by atoms with Crippen LogP contribution in [-0.4, -0.2) is 22.2 Å². The molecule has 0 bridgehead atoms. The highest BCUT2D eigenvalue weighted by molar-refractivity contribution is 5.95. The first kappa shape index (κ1) is 16.6. The van der Waals surface area contributed by atoms with Gasteiger partial charge in [-0.3, -0.25) is 4.79 Å². The van der Waals surface area contributed by atoms with Gasteiger partial charge < -0.3 is 9.15 Å². The fourth-order valence-corrected chi connectivity index (χ4v) is 2.25. The largest absolute Gasteiger partial charge is 0.494 e. The number of nitrogens with zero attached hydrogens (tertiary/aromatic N) is 2. The van der Waals surface area contributed by atoms with Gasteiger partial charge in [-0.25, -0.2) is 9.18 Å². The van der Waals surface area contributed by atoms with Crippen LogP contribution in [0, 0.1) is 5.82 Å². The lowest BCUT2D eigenvalue weighted by Gasteiger charge is -2.04. The van der Waals surface area contributed by atoms with Crippen LogP contribution in [-0.2, 0) is 6.54 Å². The summed E-state index contributed by atoms with van der Waals surface area (Å²) < 4.78 is 24.2. The molecule has 6 nitrogen and oxygen atoms in total. The van der Waals surface area contributed by atoms with Gasteiger partial charge in [0.25, 0.3) is 0 Å². The maximum absolute atomic E-state index is 13.0. The zero-order valence-electron chi connectivity index (χ0n) is 13.4. The van der Waals surface area contributed by atoms with Gasteiger partial charge in [0.05, 0.1) is 6.61 Å².